The molecule has 28 heavy (non-hydrogen) atoms. The van der Waals surface area contributed by atoms with Crippen LogP contribution < -0.4 is 15.0 Å². The highest BCUT2D eigenvalue weighted by Gasteiger charge is 2.27. The van der Waals surface area contributed by atoms with Crippen LogP contribution >= 0.6 is 0 Å². The second-order valence-corrected chi connectivity index (χ2v) is 6.10. The summed E-state index contributed by atoms with van der Waals surface area (Å²) in [7, 11) is 1.62. The molecule has 2 aromatic carbocycles. The van der Waals surface area contributed by atoms with E-state index in [1.807, 2.05) is 59.5 Å². The van der Waals surface area contributed by atoms with Gasteiger partial charge < -0.3 is 24.1 Å². The molecule has 7 heteroatoms. The standard InChI is InChI=1S/C21H19N3O4/c1-26-17-9-7-16(8-10-17)24-14-22-20-18(11-12-27-20)19(24)23-21(25)28-13-15-5-3-2-4-6-15/h2-12,22H,13-14H2,1H3. The highest BCUT2D eigenvalue weighted by molar-refractivity contribution is 6.16. The second kappa shape index (κ2) is 7.87. The van der Waals surface area contributed by atoms with E-state index in [1.54, 1.807) is 19.4 Å². The molecule has 0 fully saturated rings. The lowest BCUT2D eigenvalue weighted by molar-refractivity contribution is 0.151. The number of nitrogens with one attached hydrogen (secondary N) is 1. The van der Waals surface area contributed by atoms with Gasteiger partial charge in [0.15, 0.2) is 5.84 Å². The third kappa shape index (κ3) is 3.68. The summed E-state index contributed by atoms with van der Waals surface area (Å²) in [5, 5.41) is 3.18. The predicted molar refractivity (Wildman–Crippen MR) is 106 cm³/mol. The maximum Gasteiger partial charge on any atom is 0.435 e. The smallest absolute Gasteiger partial charge is 0.435 e. The quantitative estimate of drug-likeness (QED) is 0.732. The van der Waals surface area contributed by atoms with Gasteiger partial charge in [-0.05, 0) is 35.9 Å². The Kier molecular flexibility index (Phi) is 4.97. The third-order valence-electron chi connectivity index (χ3n) is 4.35. The molecule has 3 aromatic rings. The molecule has 0 aliphatic carbocycles. The number of aliphatic imine (C=N–C) groups is 1. The number of anilines is 2. The average molecular weight is 377 g/mol. The Morgan fingerprint density at radius 1 is 1.14 bits per heavy atom. The van der Waals surface area contributed by atoms with E-state index in [0.29, 0.717) is 24.0 Å². The summed E-state index contributed by atoms with van der Waals surface area (Å²) in [5.74, 6) is 1.78. The van der Waals surface area contributed by atoms with Gasteiger partial charge in [0, 0.05) is 5.69 Å². The number of ether oxygens (including phenoxy) is 2. The number of hydrogen-bond acceptors (Lipinski definition) is 5. The molecular formula is C21H19N3O4. The van der Waals surface area contributed by atoms with Crippen LogP contribution in [0.4, 0.5) is 16.4 Å². The van der Waals surface area contributed by atoms with E-state index in [2.05, 4.69) is 10.3 Å². The van der Waals surface area contributed by atoms with Crippen molar-refractivity contribution in [2.24, 2.45) is 4.99 Å². The minimum absolute atomic E-state index is 0.162. The molecule has 0 saturated carbocycles. The van der Waals surface area contributed by atoms with Crippen LogP contribution in [0, 0.1) is 0 Å². The van der Waals surface area contributed by atoms with Gasteiger partial charge in [-0.2, -0.15) is 4.99 Å². The zero-order valence-electron chi connectivity index (χ0n) is 15.3. The van der Waals surface area contributed by atoms with Crippen LogP contribution in [0.3, 0.4) is 0 Å². The summed E-state index contributed by atoms with van der Waals surface area (Å²) in [4.78, 5) is 18.5. The lowest BCUT2D eigenvalue weighted by Gasteiger charge is -2.30. The van der Waals surface area contributed by atoms with Crippen LogP contribution in [-0.4, -0.2) is 25.7 Å². The molecule has 0 radical (unpaired) electrons. The summed E-state index contributed by atoms with van der Waals surface area (Å²) in [5.41, 5.74) is 2.45. The van der Waals surface area contributed by atoms with E-state index in [0.717, 1.165) is 17.0 Å². The predicted octanol–water partition coefficient (Wildman–Crippen LogP) is 4.26. The van der Waals surface area contributed by atoms with Crippen LogP contribution in [0.15, 0.2) is 76.3 Å². The largest absolute Gasteiger partial charge is 0.497 e. The monoisotopic (exact) mass is 377 g/mol. The van der Waals surface area contributed by atoms with E-state index in [1.165, 1.54) is 0 Å². The van der Waals surface area contributed by atoms with Gasteiger partial charge in [-0.3, -0.25) is 0 Å². The fraction of sp³-hybridized carbons (Fsp3) is 0.143. The normalized spacial score (nSPS) is 14.3. The van der Waals surface area contributed by atoms with Crippen molar-refractivity contribution in [1.82, 2.24) is 0 Å². The molecule has 4 rings (SSSR count). The van der Waals surface area contributed by atoms with Crippen molar-refractivity contribution in [1.29, 1.82) is 0 Å². The van der Waals surface area contributed by atoms with Crippen LogP contribution in [0.5, 0.6) is 5.75 Å². The Labute approximate surface area is 162 Å². The lowest BCUT2D eigenvalue weighted by Crippen LogP contribution is -2.40. The van der Waals surface area contributed by atoms with Crippen LogP contribution in [-0.2, 0) is 11.3 Å². The zero-order chi connectivity index (χ0) is 19.3. The molecule has 0 spiro atoms. The van der Waals surface area contributed by atoms with Crippen molar-refractivity contribution in [3.8, 4) is 5.75 Å². The SMILES string of the molecule is COc1ccc(N2CNc3occc3C2=NC(=O)OCc2ccccc2)cc1. The van der Waals surface area contributed by atoms with Crippen LogP contribution in [0.1, 0.15) is 11.1 Å². The van der Waals surface area contributed by atoms with Crippen LogP contribution in [0.2, 0.25) is 0 Å². The van der Waals surface area contributed by atoms with Gasteiger partial charge in [0.1, 0.15) is 12.4 Å². The van der Waals surface area contributed by atoms with Crippen molar-refractivity contribution in [2.45, 2.75) is 6.61 Å². The first-order valence-corrected chi connectivity index (χ1v) is 8.77. The third-order valence-corrected chi connectivity index (χ3v) is 4.35. The molecule has 142 valence electrons. The van der Waals surface area contributed by atoms with Gasteiger partial charge >= 0.3 is 6.09 Å². The summed E-state index contributed by atoms with van der Waals surface area (Å²) in [6, 6.07) is 18.8. The number of carbonyl (C=O) groups is 1. The van der Waals surface area contributed by atoms with Gasteiger partial charge in [-0.15, -0.1) is 0 Å². The minimum atomic E-state index is -0.661. The van der Waals surface area contributed by atoms with E-state index < -0.39 is 6.09 Å². The highest BCUT2D eigenvalue weighted by atomic mass is 16.5. The Morgan fingerprint density at radius 3 is 2.68 bits per heavy atom. The summed E-state index contributed by atoms with van der Waals surface area (Å²) < 4.78 is 16.0. The number of methoxy groups -OCH3 is 1. The lowest BCUT2D eigenvalue weighted by atomic mass is 10.2. The van der Waals surface area contributed by atoms with E-state index in [9.17, 15) is 4.79 Å². The number of amides is 1. The number of fused-ring (bicyclic) bond motifs is 1. The molecule has 0 saturated heterocycles. The number of furan rings is 1. The van der Waals surface area contributed by atoms with Crippen molar-refractivity contribution in [3.63, 3.8) is 0 Å². The number of carbonyl (C=O) groups excluding carboxylic acids is 1. The Morgan fingerprint density at radius 2 is 1.93 bits per heavy atom. The minimum Gasteiger partial charge on any atom is -0.497 e. The van der Waals surface area contributed by atoms with Crippen molar-refractivity contribution in [2.75, 3.05) is 24.0 Å². The van der Waals surface area contributed by atoms with Crippen molar-refractivity contribution in [3.05, 3.63) is 78.1 Å². The highest BCUT2D eigenvalue weighted by Crippen LogP contribution is 2.29. The van der Waals surface area contributed by atoms with E-state index >= 15 is 0 Å². The molecule has 0 atom stereocenters. The Balaban J connectivity index is 1.59. The van der Waals surface area contributed by atoms with Gasteiger partial charge in [0.25, 0.3) is 0 Å². The molecule has 1 aromatic heterocycles. The van der Waals surface area contributed by atoms with Gasteiger partial charge in [-0.25, -0.2) is 4.79 Å². The Bertz CT molecular complexity index is 980. The number of nitrogens with zero attached hydrogens (tertiary/aromatic N) is 2. The summed E-state index contributed by atoms with van der Waals surface area (Å²) >= 11 is 0. The van der Waals surface area contributed by atoms with Crippen molar-refractivity contribution < 1.29 is 18.7 Å². The molecule has 1 N–H and O–H groups in total. The fourth-order valence-corrected chi connectivity index (χ4v) is 2.93. The topological polar surface area (TPSA) is 76.3 Å². The first-order valence-electron chi connectivity index (χ1n) is 8.77. The maximum absolute atomic E-state index is 12.4. The molecule has 0 bridgehead atoms. The van der Waals surface area contributed by atoms with Crippen molar-refractivity contribution >= 4 is 23.5 Å². The molecule has 1 aliphatic rings. The summed E-state index contributed by atoms with van der Waals surface area (Å²) in [6.45, 7) is 0.563. The van der Waals surface area contributed by atoms with E-state index in [-0.39, 0.29) is 6.61 Å². The van der Waals surface area contributed by atoms with Crippen LogP contribution in [0.25, 0.3) is 0 Å². The maximum atomic E-state index is 12.4. The summed E-state index contributed by atoms with van der Waals surface area (Å²) in [6.07, 6.45) is 0.895. The zero-order valence-corrected chi connectivity index (χ0v) is 15.3. The Hall–Kier alpha value is -3.74. The van der Waals surface area contributed by atoms with E-state index in [4.69, 9.17) is 13.9 Å². The first kappa shape index (κ1) is 17.7. The number of amidine groups is 1. The molecule has 0 unspecified atom stereocenters. The van der Waals surface area contributed by atoms with Gasteiger partial charge in [-0.1, -0.05) is 30.3 Å². The first-order chi connectivity index (χ1) is 13.7. The second-order valence-electron chi connectivity index (χ2n) is 6.10. The number of benzene rings is 2. The molecule has 2 heterocycles. The molecule has 1 aliphatic heterocycles. The molecular weight excluding hydrogens is 358 g/mol. The fourth-order valence-electron chi connectivity index (χ4n) is 2.93. The number of rotatable bonds is 4. The number of hydrogen-bond donors (Lipinski definition) is 1. The molecule has 7 nitrogen and oxygen atoms in total. The van der Waals surface area contributed by atoms with Gasteiger partial charge in [0.05, 0.1) is 25.6 Å². The average Bonchev–Trinajstić information content (AvgIpc) is 3.23. The van der Waals surface area contributed by atoms with Gasteiger partial charge in [0.2, 0.25) is 5.88 Å². The molecule has 1 amide bonds.